The molecule has 0 atom stereocenters. The number of nitrogens with one attached hydrogen (secondary N) is 1. The molecule has 1 aromatic rings. The highest BCUT2D eigenvalue weighted by molar-refractivity contribution is 5.37. The van der Waals surface area contributed by atoms with Gasteiger partial charge in [-0.15, -0.1) is 0 Å². The lowest BCUT2D eigenvalue weighted by Crippen LogP contribution is -2.31. The van der Waals surface area contributed by atoms with Gasteiger partial charge in [0.15, 0.2) is 0 Å². The molecule has 18 heavy (non-hydrogen) atoms. The maximum Gasteiger partial charge on any atom is 0.323 e. The van der Waals surface area contributed by atoms with Gasteiger partial charge in [0.2, 0.25) is 11.9 Å². The number of nitrogens with zero attached hydrogens (tertiary/aromatic N) is 4. The number of piperidine rings is 1. The van der Waals surface area contributed by atoms with Gasteiger partial charge in [0.25, 0.3) is 0 Å². The average Bonchev–Trinajstić information content (AvgIpc) is 2.45. The Morgan fingerprint density at radius 3 is 2.67 bits per heavy atom. The summed E-state index contributed by atoms with van der Waals surface area (Å²) >= 11 is 0. The van der Waals surface area contributed by atoms with E-state index in [1.807, 2.05) is 0 Å². The monoisotopic (exact) mass is 254 g/mol. The van der Waals surface area contributed by atoms with Gasteiger partial charge in [0.05, 0.1) is 6.61 Å². The van der Waals surface area contributed by atoms with E-state index in [1.54, 1.807) is 0 Å². The molecule has 0 unspecified atom stereocenters. The summed E-state index contributed by atoms with van der Waals surface area (Å²) in [6.07, 6.45) is 3.49. The van der Waals surface area contributed by atoms with Crippen molar-refractivity contribution in [2.75, 3.05) is 36.6 Å². The van der Waals surface area contributed by atoms with Crippen LogP contribution < -0.4 is 20.9 Å². The van der Waals surface area contributed by atoms with Gasteiger partial charge in [-0.3, -0.25) is 5.43 Å². The van der Waals surface area contributed by atoms with Crippen LogP contribution in [-0.2, 0) is 0 Å². The van der Waals surface area contributed by atoms with E-state index in [-0.39, 0.29) is 25.2 Å². The number of nitrogen functional groups attached to an aromatic ring is 1. The third-order valence-electron chi connectivity index (χ3n) is 2.69. The largest absolute Gasteiger partial charge is 0.461 e. The first-order valence-corrected chi connectivity index (χ1v) is 6.05. The van der Waals surface area contributed by atoms with Gasteiger partial charge in [-0.25, -0.2) is 5.84 Å². The molecule has 0 aliphatic carbocycles. The van der Waals surface area contributed by atoms with Crippen molar-refractivity contribution in [2.45, 2.75) is 19.3 Å². The molecule has 0 radical (unpaired) electrons. The van der Waals surface area contributed by atoms with Crippen LogP contribution >= 0.6 is 0 Å². The Kier molecular flexibility index (Phi) is 4.48. The number of rotatable bonds is 5. The SMILES string of the molecule is NNc1nc(OCCO)nc(N2CCCCC2)n1. The first-order chi connectivity index (χ1) is 8.83. The third-order valence-corrected chi connectivity index (χ3v) is 2.69. The molecule has 8 nitrogen and oxygen atoms in total. The van der Waals surface area contributed by atoms with Crippen molar-refractivity contribution in [1.82, 2.24) is 15.0 Å². The number of hydrogen-bond acceptors (Lipinski definition) is 8. The Hall–Kier alpha value is -1.67. The topological polar surface area (TPSA) is 109 Å². The molecule has 8 heteroatoms. The molecular weight excluding hydrogens is 236 g/mol. The summed E-state index contributed by atoms with van der Waals surface area (Å²) < 4.78 is 5.19. The molecule has 100 valence electrons. The fraction of sp³-hybridized carbons (Fsp3) is 0.700. The highest BCUT2D eigenvalue weighted by Crippen LogP contribution is 2.18. The lowest BCUT2D eigenvalue weighted by Gasteiger charge is -2.26. The minimum Gasteiger partial charge on any atom is -0.461 e. The Balaban J connectivity index is 2.16. The van der Waals surface area contributed by atoms with Crippen LogP contribution in [0.2, 0.25) is 0 Å². The van der Waals surface area contributed by atoms with Gasteiger partial charge in [0.1, 0.15) is 6.61 Å². The molecule has 0 aromatic carbocycles. The number of hydrazine groups is 1. The Morgan fingerprint density at radius 2 is 2.00 bits per heavy atom. The summed E-state index contributed by atoms with van der Waals surface area (Å²) in [6.45, 7) is 1.91. The smallest absolute Gasteiger partial charge is 0.323 e. The van der Waals surface area contributed by atoms with Crippen molar-refractivity contribution < 1.29 is 9.84 Å². The molecule has 0 bridgehead atoms. The highest BCUT2D eigenvalue weighted by atomic mass is 16.5. The summed E-state index contributed by atoms with van der Waals surface area (Å²) in [6, 6.07) is 0.174. The van der Waals surface area contributed by atoms with Crippen LogP contribution in [0.1, 0.15) is 19.3 Å². The second kappa shape index (κ2) is 6.31. The predicted molar refractivity (Wildman–Crippen MR) is 66.3 cm³/mol. The van der Waals surface area contributed by atoms with Gasteiger partial charge >= 0.3 is 6.01 Å². The normalized spacial score (nSPS) is 15.6. The number of anilines is 2. The van der Waals surface area contributed by atoms with Crippen molar-refractivity contribution in [3.05, 3.63) is 0 Å². The van der Waals surface area contributed by atoms with Crippen LogP contribution in [0.15, 0.2) is 0 Å². The molecule has 2 heterocycles. The predicted octanol–water partition coefficient (Wildman–Crippen LogP) is -0.481. The fourth-order valence-corrected chi connectivity index (χ4v) is 1.85. The molecule has 0 spiro atoms. The van der Waals surface area contributed by atoms with E-state index >= 15 is 0 Å². The molecule has 4 N–H and O–H groups in total. The van der Waals surface area contributed by atoms with Crippen LogP contribution in [0.25, 0.3) is 0 Å². The van der Waals surface area contributed by atoms with Crippen molar-refractivity contribution in [3.63, 3.8) is 0 Å². The Bertz CT molecular complexity index is 383. The van der Waals surface area contributed by atoms with E-state index < -0.39 is 0 Å². The maximum absolute atomic E-state index is 8.73. The second-order valence-corrected chi connectivity index (χ2v) is 4.01. The number of nitrogens with two attached hydrogens (primary N) is 1. The van der Waals surface area contributed by atoms with Gasteiger partial charge in [0, 0.05) is 13.1 Å². The van der Waals surface area contributed by atoms with Crippen LogP contribution in [0.3, 0.4) is 0 Å². The van der Waals surface area contributed by atoms with Gasteiger partial charge in [-0.2, -0.15) is 15.0 Å². The minimum atomic E-state index is -0.0872. The van der Waals surface area contributed by atoms with Gasteiger partial charge in [-0.1, -0.05) is 0 Å². The lowest BCUT2D eigenvalue weighted by molar-refractivity contribution is 0.191. The quantitative estimate of drug-likeness (QED) is 0.477. The molecule has 0 saturated carbocycles. The van der Waals surface area contributed by atoms with E-state index in [2.05, 4.69) is 25.3 Å². The minimum absolute atomic E-state index is 0.0872. The van der Waals surface area contributed by atoms with Crippen LogP contribution in [-0.4, -0.2) is 46.4 Å². The highest BCUT2D eigenvalue weighted by Gasteiger charge is 2.16. The van der Waals surface area contributed by atoms with Crippen molar-refractivity contribution >= 4 is 11.9 Å². The fourth-order valence-electron chi connectivity index (χ4n) is 1.85. The number of hydrogen-bond donors (Lipinski definition) is 3. The van der Waals surface area contributed by atoms with Crippen LogP contribution in [0.4, 0.5) is 11.9 Å². The van der Waals surface area contributed by atoms with E-state index in [9.17, 15) is 0 Å². The zero-order valence-corrected chi connectivity index (χ0v) is 10.2. The standard InChI is InChI=1S/C10H18N6O2/c11-15-8-12-9(16-4-2-1-3-5-16)14-10(13-8)18-7-6-17/h17H,1-7,11H2,(H,12,13,14,15). The second-order valence-electron chi connectivity index (χ2n) is 4.01. The van der Waals surface area contributed by atoms with E-state index in [4.69, 9.17) is 15.7 Å². The zero-order chi connectivity index (χ0) is 12.8. The maximum atomic E-state index is 8.73. The zero-order valence-electron chi connectivity index (χ0n) is 10.2. The van der Waals surface area contributed by atoms with E-state index in [0.717, 1.165) is 25.9 Å². The summed E-state index contributed by atoms with van der Waals surface area (Å²) in [4.78, 5) is 14.5. The Morgan fingerprint density at radius 1 is 1.22 bits per heavy atom. The molecular formula is C10H18N6O2. The van der Waals surface area contributed by atoms with Crippen LogP contribution in [0, 0.1) is 0 Å². The lowest BCUT2D eigenvalue weighted by atomic mass is 10.1. The Labute approximate surface area is 105 Å². The summed E-state index contributed by atoms with van der Waals surface area (Å²) in [5.74, 6) is 6.14. The summed E-state index contributed by atoms with van der Waals surface area (Å²) in [5, 5.41) is 8.73. The molecule has 1 aromatic heterocycles. The molecule has 1 saturated heterocycles. The van der Waals surface area contributed by atoms with E-state index in [1.165, 1.54) is 6.42 Å². The molecule has 1 aliphatic heterocycles. The molecule has 0 amide bonds. The molecule has 1 aliphatic rings. The summed E-state index contributed by atoms with van der Waals surface area (Å²) in [7, 11) is 0. The van der Waals surface area contributed by atoms with Crippen molar-refractivity contribution in [3.8, 4) is 6.01 Å². The third kappa shape index (κ3) is 3.17. The van der Waals surface area contributed by atoms with Crippen LogP contribution in [0.5, 0.6) is 6.01 Å². The van der Waals surface area contributed by atoms with Gasteiger partial charge < -0.3 is 14.7 Å². The van der Waals surface area contributed by atoms with E-state index in [0.29, 0.717) is 5.95 Å². The molecule has 2 rings (SSSR count). The number of aromatic nitrogens is 3. The number of ether oxygens (including phenoxy) is 1. The van der Waals surface area contributed by atoms with Gasteiger partial charge in [-0.05, 0) is 19.3 Å². The number of aliphatic hydroxyl groups excluding tert-OH is 1. The first kappa shape index (κ1) is 12.8. The average molecular weight is 254 g/mol. The summed E-state index contributed by atoms with van der Waals surface area (Å²) in [5.41, 5.74) is 2.39. The molecule has 1 fully saturated rings. The van der Waals surface area contributed by atoms with Crippen molar-refractivity contribution in [2.24, 2.45) is 5.84 Å². The first-order valence-electron chi connectivity index (χ1n) is 6.05. The number of aliphatic hydroxyl groups is 1. The van der Waals surface area contributed by atoms with Crippen molar-refractivity contribution in [1.29, 1.82) is 0 Å².